The van der Waals surface area contributed by atoms with Crippen LogP contribution in [0.5, 0.6) is 0 Å². The number of carboxylic acid groups (broad SMARTS) is 2. The van der Waals surface area contributed by atoms with E-state index in [0.29, 0.717) is 12.8 Å². The zero-order chi connectivity index (χ0) is 15.2. The molecule has 1 amide bonds. The molecule has 0 radical (unpaired) electrons. The van der Waals surface area contributed by atoms with Gasteiger partial charge in [0.25, 0.3) is 0 Å². The van der Waals surface area contributed by atoms with E-state index < -0.39 is 23.4 Å². The Labute approximate surface area is 117 Å². The van der Waals surface area contributed by atoms with Crippen molar-refractivity contribution >= 4 is 17.8 Å². The molecule has 114 valence electrons. The van der Waals surface area contributed by atoms with Crippen molar-refractivity contribution in [1.29, 1.82) is 0 Å². The molecule has 1 saturated carbocycles. The van der Waals surface area contributed by atoms with Crippen LogP contribution in [0.2, 0.25) is 0 Å². The van der Waals surface area contributed by atoms with Gasteiger partial charge in [-0.05, 0) is 25.7 Å². The lowest BCUT2D eigenvalue weighted by atomic mass is 9.85. The monoisotopic (exact) mass is 286 g/mol. The fourth-order valence-electron chi connectivity index (χ4n) is 2.60. The molecule has 0 saturated heterocycles. The Morgan fingerprint density at radius 1 is 1.20 bits per heavy atom. The molecule has 7 heteroatoms. The van der Waals surface area contributed by atoms with Gasteiger partial charge in [0.05, 0.1) is 5.41 Å². The third-order valence-corrected chi connectivity index (χ3v) is 3.92. The summed E-state index contributed by atoms with van der Waals surface area (Å²) in [6.07, 6.45) is 3.40. The van der Waals surface area contributed by atoms with Crippen molar-refractivity contribution < 1.29 is 24.6 Å². The average Bonchev–Trinajstić information content (AvgIpc) is 2.86. The Morgan fingerprint density at radius 2 is 1.80 bits per heavy atom. The summed E-state index contributed by atoms with van der Waals surface area (Å²) in [5.41, 5.74) is 5.02. The van der Waals surface area contributed by atoms with Crippen LogP contribution in [0, 0.1) is 5.41 Å². The smallest absolute Gasteiger partial charge is 0.326 e. The van der Waals surface area contributed by atoms with Gasteiger partial charge < -0.3 is 21.3 Å². The van der Waals surface area contributed by atoms with Crippen LogP contribution in [0.15, 0.2) is 0 Å². The first kappa shape index (κ1) is 16.4. The molecule has 7 nitrogen and oxygen atoms in total. The summed E-state index contributed by atoms with van der Waals surface area (Å²) >= 11 is 0. The molecule has 0 heterocycles. The molecule has 1 rings (SSSR count). The Balaban J connectivity index is 2.58. The second kappa shape index (κ2) is 7.23. The molecule has 1 aliphatic rings. The quantitative estimate of drug-likeness (QED) is 0.508. The molecular formula is C13H22N2O5. The fraction of sp³-hybridized carbons (Fsp3) is 0.769. The molecule has 1 fully saturated rings. The first-order valence-corrected chi connectivity index (χ1v) is 6.87. The summed E-state index contributed by atoms with van der Waals surface area (Å²) in [6.45, 7) is 0.209. The molecule has 0 bridgehead atoms. The number of aliphatic carboxylic acids is 2. The van der Waals surface area contributed by atoms with E-state index in [-0.39, 0.29) is 31.7 Å². The highest BCUT2D eigenvalue weighted by molar-refractivity contribution is 5.87. The maximum Gasteiger partial charge on any atom is 0.326 e. The third-order valence-electron chi connectivity index (χ3n) is 3.92. The van der Waals surface area contributed by atoms with Gasteiger partial charge in [-0.1, -0.05) is 12.8 Å². The van der Waals surface area contributed by atoms with Crippen molar-refractivity contribution in [2.75, 3.05) is 6.54 Å². The molecule has 0 aromatic carbocycles. The van der Waals surface area contributed by atoms with Crippen molar-refractivity contribution in [2.24, 2.45) is 11.1 Å². The first-order chi connectivity index (χ1) is 9.41. The number of carbonyl (C=O) groups is 3. The lowest BCUT2D eigenvalue weighted by Crippen LogP contribution is -2.50. The molecule has 1 atom stereocenters. The van der Waals surface area contributed by atoms with Gasteiger partial charge in [-0.2, -0.15) is 0 Å². The number of hydrogen-bond donors (Lipinski definition) is 4. The molecule has 5 N–H and O–H groups in total. The van der Waals surface area contributed by atoms with Gasteiger partial charge in [0.15, 0.2) is 0 Å². The topological polar surface area (TPSA) is 130 Å². The summed E-state index contributed by atoms with van der Waals surface area (Å²) in [7, 11) is 0. The van der Waals surface area contributed by atoms with E-state index in [1.807, 2.05) is 0 Å². The molecular weight excluding hydrogens is 264 g/mol. The summed E-state index contributed by atoms with van der Waals surface area (Å²) in [4.78, 5) is 33.8. The van der Waals surface area contributed by atoms with E-state index in [9.17, 15) is 14.4 Å². The van der Waals surface area contributed by atoms with Crippen LogP contribution in [0.25, 0.3) is 0 Å². The van der Waals surface area contributed by atoms with Gasteiger partial charge in [0, 0.05) is 13.0 Å². The van der Waals surface area contributed by atoms with Gasteiger partial charge >= 0.3 is 11.9 Å². The highest BCUT2D eigenvalue weighted by Gasteiger charge is 2.41. The maximum absolute atomic E-state index is 12.2. The normalized spacial score (nSPS) is 18.4. The Kier molecular flexibility index (Phi) is 5.94. The van der Waals surface area contributed by atoms with Gasteiger partial charge in [0.1, 0.15) is 6.04 Å². The van der Waals surface area contributed by atoms with E-state index in [0.717, 1.165) is 12.8 Å². The van der Waals surface area contributed by atoms with E-state index in [2.05, 4.69) is 5.32 Å². The summed E-state index contributed by atoms with van der Waals surface area (Å²) in [5.74, 6) is -2.44. The predicted molar refractivity (Wildman–Crippen MR) is 71.0 cm³/mol. The predicted octanol–water partition coefficient (Wildman–Crippen LogP) is 0.330. The standard InChI is InChI=1S/C13H22N2O5/c14-8-13(6-1-2-7-13)12(20)15-9(11(18)19)4-3-5-10(16)17/h9H,1-8,14H2,(H,15,20)(H,16,17)(H,18,19)/t9-/m1/s1. The van der Waals surface area contributed by atoms with E-state index in [1.54, 1.807) is 0 Å². The largest absolute Gasteiger partial charge is 0.481 e. The van der Waals surface area contributed by atoms with Crippen molar-refractivity contribution in [2.45, 2.75) is 51.0 Å². The van der Waals surface area contributed by atoms with Crippen LogP contribution in [0.4, 0.5) is 0 Å². The summed E-state index contributed by atoms with van der Waals surface area (Å²) in [6, 6.07) is -1.05. The second-order valence-corrected chi connectivity index (χ2v) is 5.34. The van der Waals surface area contributed by atoms with E-state index in [4.69, 9.17) is 15.9 Å². The van der Waals surface area contributed by atoms with E-state index in [1.165, 1.54) is 0 Å². The molecule has 1 aliphatic carbocycles. The number of carboxylic acids is 2. The first-order valence-electron chi connectivity index (χ1n) is 6.87. The number of carbonyl (C=O) groups excluding carboxylic acids is 1. The molecule has 0 aromatic heterocycles. The summed E-state index contributed by atoms with van der Waals surface area (Å²) < 4.78 is 0. The second-order valence-electron chi connectivity index (χ2n) is 5.34. The minimum absolute atomic E-state index is 0.105. The highest BCUT2D eigenvalue weighted by Crippen LogP contribution is 2.37. The Hall–Kier alpha value is -1.63. The number of nitrogens with one attached hydrogen (secondary N) is 1. The third kappa shape index (κ3) is 4.19. The lowest BCUT2D eigenvalue weighted by Gasteiger charge is -2.27. The zero-order valence-electron chi connectivity index (χ0n) is 11.4. The molecule has 0 unspecified atom stereocenters. The van der Waals surface area contributed by atoms with Crippen LogP contribution < -0.4 is 11.1 Å². The molecule has 0 spiro atoms. The highest BCUT2D eigenvalue weighted by atomic mass is 16.4. The van der Waals surface area contributed by atoms with Gasteiger partial charge in [-0.15, -0.1) is 0 Å². The Bertz CT molecular complexity index is 377. The van der Waals surface area contributed by atoms with Crippen LogP contribution in [0.3, 0.4) is 0 Å². The zero-order valence-corrected chi connectivity index (χ0v) is 11.4. The minimum atomic E-state index is -1.14. The summed E-state index contributed by atoms with van der Waals surface area (Å²) in [5, 5.41) is 20.2. The number of amides is 1. The number of rotatable bonds is 8. The van der Waals surface area contributed by atoms with Gasteiger partial charge in [-0.25, -0.2) is 4.79 Å². The van der Waals surface area contributed by atoms with Crippen molar-refractivity contribution in [3.8, 4) is 0 Å². The van der Waals surface area contributed by atoms with Gasteiger partial charge in [-0.3, -0.25) is 9.59 Å². The molecule has 20 heavy (non-hydrogen) atoms. The minimum Gasteiger partial charge on any atom is -0.481 e. The van der Waals surface area contributed by atoms with E-state index >= 15 is 0 Å². The van der Waals surface area contributed by atoms with Crippen LogP contribution in [-0.4, -0.2) is 40.6 Å². The lowest BCUT2D eigenvalue weighted by molar-refractivity contribution is -0.144. The maximum atomic E-state index is 12.2. The van der Waals surface area contributed by atoms with Crippen LogP contribution in [-0.2, 0) is 14.4 Å². The SMILES string of the molecule is NCC1(C(=O)N[C@H](CCCC(=O)O)C(=O)O)CCCC1. The fourth-order valence-corrected chi connectivity index (χ4v) is 2.60. The van der Waals surface area contributed by atoms with Crippen molar-refractivity contribution in [3.05, 3.63) is 0 Å². The average molecular weight is 286 g/mol. The van der Waals surface area contributed by atoms with Gasteiger partial charge in [0.2, 0.25) is 5.91 Å². The number of nitrogens with two attached hydrogens (primary N) is 1. The van der Waals surface area contributed by atoms with Crippen LogP contribution in [0.1, 0.15) is 44.9 Å². The van der Waals surface area contributed by atoms with Crippen LogP contribution >= 0.6 is 0 Å². The van der Waals surface area contributed by atoms with Crippen molar-refractivity contribution in [1.82, 2.24) is 5.32 Å². The van der Waals surface area contributed by atoms with Crippen molar-refractivity contribution in [3.63, 3.8) is 0 Å². The molecule has 0 aromatic rings. The molecule has 0 aliphatic heterocycles. The number of hydrogen-bond acceptors (Lipinski definition) is 4. The Morgan fingerprint density at radius 3 is 2.25 bits per heavy atom.